The van der Waals surface area contributed by atoms with Crippen molar-refractivity contribution in [2.24, 2.45) is 0 Å². The van der Waals surface area contributed by atoms with E-state index in [-0.39, 0.29) is 0 Å². The molecule has 0 aromatic rings. The smallest absolute Gasteiger partial charge is 0.417 e. The standard InChI is InChI=1S/C8H24O4Si3/c1-9-14(8,13(5,6)7)15(10-2,11-3)12-4/h1-8H3. The molecular formula is C8H24O4Si3. The first-order valence-electron chi connectivity index (χ1n) is 4.95. The van der Waals surface area contributed by atoms with Crippen molar-refractivity contribution < 1.29 is 17.7 Å². The van der Waals surface area contributed by atoms with Crippen LogP contribution in [0.15, 0.2) is 0 Å². The van der Waals surface area contributed by atoms with Gasteiger partial charge >= 0.3 is 8.32 Å². The predicted molar refractivity (Wildman–Crippen MR) is 68.8 cm³/mol. The van der Waals surface area contributed by atoms with Gasteiger partial charge < -0.3 is 17.7 Å². The second-order valence-corrected chi connectivity index (χ2v) is 27.5. The minimum Gasteiger partial charge on any atom is -0.417 e. The summed E-state index contributed by atoms with van der Waals surface area (Å²) in [6.45, 7) is 9.01. The quantitative estimate of drug-likeness (QED) is 0.686. The SMILES string of the molecule is CO[Si](OC)(OC)[Si](C)(OC)[Si](C)(C)C. The van der Waals surface area contributed by atoms with E-state index in [0.29, 0.717) is 0 Å². The van der Waals surface area contributed by atoms with Crippen molar-refractivity contribution in [2.45, 2.75) is 26.2 Å². The van der Waals surface area contributed by atoms with Gasteiger partial charge in [0.25, 0.3) is 7.35 Å². The van der Waals surface area contributed by atoms with Crippen LogP contribution in [0.5, 0.6) is 0 Å². The first kappa shape index (κ1) is 15.5. The van der Waals surface area contributed by atoms with E-state index in [1.54, 1.807) is 28.4 Å². The first-order chi connectivity index (χ1) is 6.74. The summed E-state index contributed by atoms with van der Waals surface area (Å²) in [6, 6.07) is 0. The maximum Gasteiger partial charge on any atom is 0.499 e. The summed E-state index contributed by atoms with van der Waals surface area (Å²) >= 11 is 0. The van der Waals surface area contributed by atoms with Gasteiger partial charge in [0.05, 0.1) is 7.59 Å². The Hall–Kier alpha value is 0.491. The van der Waals surface area contributed by atoms with E-state index in [4.69, 9.17) is 17.7 Å². The minimum atomic E-state index is -2.63. The van der Waals surface area contributed by atoms with Gasteiger partial charge in [-0.1, -0.05) is 19.6 Å². The summed E-state index contributed by atoms with van der Waals surface area (Å²) in [6.07, 6.45) is 0. The van der Waals surface area contributed by atoms with Crippen LogP contribution in [-0.2, 0) is 17.7 Å². The van der Waals surface area contributed by atoms with Crippen molar-refractivity contribution in [1.82, 2.24) is 0 Å². The monoisotopic (exact) mass is 268 g/mol. The van der Waals surface area contributed by atoms with Gasteiger partial charge in [0, 0.05) is 28.4 Å². The normalized spacial score (nSPS) is 17.6. The third kappa shape index (κ3) is 2.43. The lowest BCUT2D eigenvalue weighted by Gasteiger charge is -2.44. The summed E-state index contributed by atoms with van der Waals surface area (Å²) in [7, 11) is 0.495. The molecule has 0 aliphatic carbocycles. The molecule has 0 saturated carbocycles. The van der Waals surface area contributed by atoms with Crippen LogP contribution >= 0.6 is 0 Å². The zero-order valence-corrected chi connectivity index (χ0v) is 14.1. The van der Waals surface area contributed by atoms with E-state index in [9.17, 15) is 0 Å². The molecule has 0 radical (unpaired) electrons. The van der Waals surface area contributed by atoms with Crippen molar-refractivity contribution >= 4 is 23.3 Å². The van der Waals surface area contributed by atoms with Crippen LogP contribution < -0.4 is 0 Å². The van der Waals surface area contributed by atoms with Gasteiger partial charge in [0.15, 0.2) is 0 Å². The lowest BCUT2D eigenvalue weighted by atomic mass is 11.8. The van der Waals surface area contributed by atoms with E-state index in [1.165, 1.54) is 0 Å². The third-order valence-corrected chi connectivity index (χ3v) is 34.4. The van der Waals surface area contributed by atoms with Gasteiger partial charge in [-0.25, -0.2) is 0 Å². The summed E-state index contributed by atoms with van der Waals surface area (Å²) in [4.78, 5) is 0. The Morgan fingerprint density at radius 2 is 0.933 bits per heavy atom. The molecule has 1 unspecified atom stereocenters. The molecule has 0 aliphatic heterocycles. The molecule has 0 bridgehead atoms. The van der Waals surface area contributed by atoms with E-state index in [0.717, 1.165) is 0 Å². The molecule has 92 valence electrons. The van der Waals surface area contributed by atoms with Crippen LogP contribution in [0.1, 0.15) is 0 Å². The molecule has 1 atom stereocenters. The van der Waals surface area contributed by atoms with Crippen LogP contribution in [0, 0.1) is 0 Å². The topological polar surface area (TPSA) is 36.9 Å². The molecule has 0 rings (SSSR count). The third-order valence-electron chi connectivity index (χ3n) is 3.23. The van der Waals surface area contributed by atoms with Gasteiger partial charge in [-0.15, -0.1) is 0 Å². The summed E-state index contributed by atoms with van der Waals surface area (Å²) in [5.41, 5.74) is 0. The zero-order valence-electron chi connectivity index (χ0n) is 11.1. The molecule has 0 aromatic heterocycles. The van der Waals surface area contributed by atoms with Crippen molar-refractivity contribution in [3.8, 4) is 0 Å². The molecule has 0 amide bonds. The Morgan fingerprint density at radius 1 is 0.600 bits per heavy atom. The summed E-state index contributed by atoms with van der Waals surface area (Å²) in [5.74, 6) is 0. The Morgan fingerprint density at radius 3 is 1.00 bits per heavy atom. The fourth-order valence-electron chi connectivity index (χ4n) is 1.72. The highest BCUT2D eigenvalue weighted by Crippen LogP contribution is 2.30. The predicted octanol–water partition coefficient (Wildman–Crippen LogP) is 1.58. The maximum absolute atomic E-state index is 5.83. The molecule has 0 spiro atoms. The molecule has 7 heteroatoms. The van der Waals surface area contributed by atoms with Crippen LogP contribution in [0.25, 0.3) is 0 Å². The molecular weight excluding hydrogens is 244 g/mol. The fourth-order valence-corrected chi connectivity index (χ4v) is 25.0. The van der Waals surface area contributed by atoms with Gasteiger partial charge in [0.2, 0.25) is 0 Å². The highest BCUT2D eigenvalue weighted by molar-refractivity contribution is 7.63. The Kier molecular flexibility index (Phi) is 5.38. The van der Waals surface area contributed by atoms with Gasteiger partial charge in [0.1, 0.15) is 0 Å². The highest BCUT2D eigenvalue weighted by atomic mass is 29.7. The minimum absolute atomic E-state index is 1.51. The number of hydrogen-bond acceptors (Lipinski definition) is 4. The van der Waals surface area contributed by atoms with Crippen molar-refractivity contribution in [2.75, 3.05) is 28.4 Å². The summed E-state index contributed by atoms with van der Waals surface area (Å²) in [5, 5.41) is 0. The Balaban J connectivity index is 5.41. The zero-order chi connectivity index (χ0) is 12.3. The number of rotatable bonds is 6. The molecule has 0 aromatic carbocycles. The molecule has 0 saturated heterocycles. The molecule has 0 fully saturated rings. The highest BCUT2D eigenvalue weighted by Gasteiger charge is 2.66. The lowest BCUT2D eigenvalue weighted by molar-refractivity contribution is 0.138. The van der Waals surface area contributed by atoms with E-state index >= 15 is 0 Å². The largest absolute Gasteiger partial charge is 0.499 e. The van der Waals surface area contributed by atoms with E-state index < -0.39 is 23.3 Å². The lowest BCUT2D eigenvalue weighted by Crippen LogP contribution is -2.77. The number of hydrogen-bond donors (Lipinski definition) is 0. The van der Waals surface area contributed by atoms with Crippen LogP contribution in [0.3, 0.4) is 0 Å². The molecule has 4 nitrogen and oxygen atoms in total. The average molecular weight is 269 g/mol. The van der Waals surface area contributed by atoms with Gasteiger partial charge in [-0.05, 0) is 6.55 Å². The maximum atomic E-state index is 5.83. The molecule has 15 heavy (non-hydrogen) atoms. The van der Waals surface area contributed by atoms with Crippen molar-refractivity contribution in [1.29, 1.82) is 0 Å². The van der Waals surface area contributed by atoms with Gasteiger partial charge in [-0.3, -0.25) is 0 Å². The molecule has 0 N–H and O–H groups in total. The average Bonchev–Trinajstić information content (AvgIpc) is 2.19. The Bertz CT molecular complexity index is 194. The van der Waals surface area contributed by atoms with Crippen molar-refractivity contribution in [3.05, 3.63) is 0 Å². The molecule has 0 heterocycles. The van der Waals surface area contributed by atoms with Gasteiger partial charge in [-0.2, -0.15) is 0 Å². The van der Waals surface area contributed by atoms with Crippen LogP contribution in [0.2, 0.25) is 26.2 Å². The first-order valence-corrected chi connectivity index (χ1v) is 14.6. The van der Waals surface area contributed by atoms with E-state index in [1.807, 2.05) is 0 Å². The Labute approximate surface area is 96.0 Å². The second kappa shape index (κ2) is 5.21. The van der Waals surface area contributed by atoms with Crippen LogP contribution in [0.4, 0.5) is 0 Å². The van der Waals surface area contributed by atoms with Crippen molar-refractivity contribution in [3.63, 3.8) is 0 Å². The fraction of sp³-hybridized carbons (Fsp3) is 1.00. The van der Waals surface area contributed by atoms with Crippen LogP contribution in [-0.4, -0.2) is 51.7 Å². The second-order valence-electron chi connectivity index (χ2n) is 4.66. The summed E-state index contributed by atoms with van der Waals surface area (Å²) < 4.78 is 22.6. The van der Waals surface area contributed by atoms with E-state index in [2.05, 4.69) is 26.2 Å². The molecule has 0 aliphatic rings.